The highest BCUT2D eigenvalue weighted by molar-refractivity contribution is 5.80. The zero-order valence-corrected chi connectivity index (χ0v) is 8.81. The van der Waals surface area contributed by atoms with Gasteiger partial charge in [-0.3, -0.25) is 0 Å². The molecule has 0 spiro atoms. The van der Waals surface area contributed by atoms with Gasteiger partial charge in [0.05, 0.1) is 11.0 Å². The second kappa shape index (κ2) is 2.82. The minimum absolute atomic E-state index is 0.871. The number of hydrogen-bond acceptors (Lipinski definition) is 2. The van der Waals surface area contributed by atoms with E-state index in [2.05, 4.69) is 33.7 Å². The van der Waals surface area contributed by atoms with Crippen LogP contribution in [0.2, 0.25) is 0 Å². The Bertz CT molecular complexity index is 632. The van der Waals surface area contributed by atoms with E-state index < -0.39 is 0 Å². The summed E-state index contributed by atoms with van der Waals surface area (Å²) < 4.78 is 3.98. The fraction of sp³-hybridized carbons (Fsp3) is 0.273. The first-order valence-corrected chi connectivity index (χ1v) is 5.10. The lowest BCUT2D eigenvalue weighted by molar-refractivity contribution is 0.905. The van der Waals surface area contributed by atoms with Gasteiger partial charge in [0, 0.05) is 13.5 Å². The predicted molar refractivity (Wildman–Crippen MR) is 58.8 cm³/mol. The fourth-order valence-electron chi connectivity index (χ4n) is 1.91. The van der Waals surface area contributed by atoms with Crippen LogP contribution in [0.4, 0.5) is 0 Å². The summed E-state index contributed by atoms with van der Waals surface area (Å²) in [5.74, 6) is 1.81. The number of rotatable bonds is 1. The molecular weight excluding hydrogens is 188 g/mol. The maximum atomic E-state index is 4.48. The van der Waals surface area contributed by atoms with E-state index in [1.807, 2.05) is 23.7 Å². The van der Waals surface area contributed by atoms with Gasteiger partial charge in [-0.1, -0.05) is 19.1 Å². The van der Waals surface area contributed by atoms with Gasteiger partial charge in [0.1, 0.15) is 0 Å². The maximum Gasteiger partial charge on any atom is 0.233 e. The number of nitrogens with zero attached hydrogens (tertiary/aromatic N) is 4. The Kier molecular flexibility index (Phi) is 1.59. The van der Waals surface area contributed by atoms with Gasteiger partial charge < -0.3 is 4.57 Å². The minimum Gasteiger partial charge on any atom is -0.311 e. The van der Waals surface area contributed by atoms with Crippen LogP contribution in [0.3, 0.4) is 0 Å². The average Bonchev–Trinajstić information content (AvgIpc) is 2.80. The van der Waals surface area contributed by atoms with Gasteiger partial charge in [-0.05, 0) is 12.1 Å². The van der Waals surface area contributed by atoms with Crippen LogP contribution in [0.5, 0.6) is 0 Å². The number of benzene rings is 1. The van der Waals surface area contributed by atoms with Crippen molar-refractivity contribution in [3.8, 4) is 0 Å². The fourth-order valence-corrected chi connectivity index (χ4v) is 1.91. The molecule has 2 aromatic heterocycles. The SMILES string of the molecule is CCc1nc2n(C)c3ccccc3n2n1. The lowest BCUT2D eigenvalue weighted by Gasteiger charge is -1.92. The van der Waals surface area contributed by atoms with Crippen molar-refractivity contribution in [1.29, 1.82) is 0 Å². The highest BCUT2D eigenvalue weighted by Crippen LogP contribution is 2.17. The smallest absolute Gasteiger partial charge is 0.233 e. The molecule has 0 N–H and O–H groups in total. The van der Waals surface area contributed by atoms with Crippen LogP contribution in [0.15, 0.2) is 24.3 Å². The summed E-state index contributed by atoms with van der Waals surface area (Å²) in [5.41, 5.74) is 2.28. The molecule has 4 heteroatoms. The van der Waals surface area contributed by atoms with Crippen LogP contribution < -0.4 is 0 Å². The van der Waals surface area contributed by atoms with Gasteiger partial charge in [0.15, 0.2) is 5.82 Å². The van der Waals surface area contributed by atoms with Gasteiger partial charge in [0.25, 0.3) is 0 Å². The first-order chi connectivity index (χ1) is 7.31. The quantitative estimate of drug-likeness (QED) is 0.600. The van der Waals surface area contributed by atoms with E-state index in [0.29, 0.717) is 0 Å². The number of aromatic nitrogens is 4. The summed E-state index contributed by atoms with van der Waals surface area (Å²) in [6.45, 7) is 2.07. The number of para-hydroxylation sites is 2. The van der Waals surface area contributed by atoms with Gasteiger partial charge in [-0.25, -0.2) is 0 Å². The lowest BCUT2D eigenvalue weighted by Crippen LogP contribution is -1.89. The average molecular weight is 200 g/mol. The topological polar surface area (TPSA) is 35.1 Å². The molecule has 0 radical (unpaired) electrons. The predicted octanol–water partition coefficient (Wildman–Crippen LogP) is 1.78. The summed E-state index contributed by atoms with van der Waals surface area (Å²) in [5, 5.41) is 4.46. The Labute approximate surface area is 87.2 Å². The Morgan fingerprint density at radius 2 is 1.93 bits per heavy atom. The van der Waals surface area contributed by atoms with Gasteiger partial charge in [-0.15, -0.1) is 5.10 Å². The van der Waals surface area contributed by atoms with Gasteiger partial charge in [-0.2, -0.15) is 9.50 Å². The number of hydrogen-bond donors (Lipinski definition) is 0. The van der Waals surface area contributed by atoms with Crippen LogP contribution in [0.25, 0.3) is 16.8 Å². The van der Waals surface area contributed by atoms with E-state index in [-0.39, 0.29) is 0 Å². The van der Waals surface area contributed by atoms with E-state index in [1.165, 1.54) is 0 Å². The molecule has 1 aromatic carbocycles. The van der Waals surface area contributed by atoms with Crippen molar-refractivity contribution >= 4 is 16.8 Å². The molecule has 0 aliphatic rings. The van der Waals surface area contributed by atoms with Crippen molar-refractivity contribution in [2.24, 2.45) is 7.05 Å². The molecule has 0 atom stereocenters. The lowest BCUT2D eigenvalue weighted by atomic mass is 10.3. The summed E-state index contributed by atoms with van der Waals surface area (Å²) in [4.78, 5) is 4.48. The van der Waals surface area contributed by atoms with E-state index in [9.17, 15) is 0 Å². The third-order valence-corrected chi connectivity index (χ3v) is 2.72. The van der Waals surface area contributed by atoms with Crippen molar-refractivity contribution in [3.05, 3.63) is 30.1 Å². The second-order valence-corrected chi connectivity index (χ2v) is 3.64. The van der Waals surface area contributed by atoms with E-state index in [1.54, 1.807) is 0 Å². The molecule has 2 heterocycles. The Morgan fingerprint density at radius 3 is 2.67 bits per heavy atom. The van der Waals surface area contributed by atoms with Crippen molar-refractivity contribution in [3.63, 3.8) is 0 Å². The second-order valence-electron chi connectivity index (χ2n) is 3.64. The maximum absolute atomic E-state index is 4.48. The highest BCUT2D eigenvalue weighted by atomic mass is 15.4. The standard InChI is InChI=1S/C11H12N4/c1-3-10-12-11-14(2)8-6-4-5-7-9(8)15(11)13-10/h4-7H,3H2,1-2H3. The van der Waals surface area contributed by atoms with Crippen LogP contribution >= 0.6 is 0 Å². The zero-order chi connectivity index (χ0) is 10.4. The van der Waals surface area contributed by atoms with Crippen LogP contribution in [-0.4, -0.2) is 19.2 Å². The molecule has 3 aromatic rings. The Morgan fingerprint density at radius 1 is 1.20 bits per heavy atom. The molecule has 76 valence electrons. The molecule has 0 aliphatic carbocycles. The molecule has 0 saturated heterocycles. The van der Waals surface area contributed by atoms with Crippen molar-refractivity contribution < 1.29 is 0 Å². The molecule has 0 bridgehead atoms. The summed E-state index contributed by atoms with van der Waals surface area (Å²) in [7, 11) is 2.02. The van der Waals surface area contributed by atoms with Gasteiger partial charge in [0.2, 0.25) is 5.78 Å². The minimum atomic E-state index is 0.871. The third-order valence-electron chi connectivity index (χ3n) is 2.72. The van der Waals surface area contributed by atoms with Crippen LogP contribution in [-0.2, 0) is 13.5 Å². The normalized spacial score (nSPS) is 11.6. The first kappa shape index (κ1) is 8.47. The Hall–Kier alpha value is -1.84. The van der Waals surface area contributed by atoms with Crippen molar-refractivity contribution in [1.82, 2.24) is 19.2 Å². The molecule has 15 heavy (non-hydrogen) atoms. The van der Waals surface area contributed by atoms with E-state index in [0.717, 1.165) is 29.1 Å². The first-order valence-electron chi connectivity index (χ1n) is 5.10. The highest BCUT2D eigenvalue weighted by Gasteiger charge is 2.10. The van der Waals surface area contributed by atoms with Crippen molar-refractivity contribution in [2.45, 2.75) is 13.3 Å². The monoisotopic (exact) mass is 200 g/mol. The Balaban J connectivity index is 2.51. The molecule has 4 nitrogen and oxygen atoms in total. The van der Waals surface area contributed by atoms with Crippen molar-refractivity contribution in [2.75, 3.05) is 0 Å². The molecule has 0 fully saturated rings. The number of aryl methyl sites for hydroxylation is 2. The van der Waals surface area contributed by atoms with Crippen LogP contribution in [0.1, 0.15) is 12.7 Å². The summed E-state index contributed by atoms with van der Waals surface area (Å²) in [6.07, 6.45) is 0.871. The number of fused-ring (bicyclic) bond motifs is 3. The van der Waals surface area contributed by atoms with E-state index in [4.69, 9.17) is 0 Å². The third kappa shape index (κ3) is 1.02. The molecule has 0 unspecified atom stereocenters. The molecule has 0 aliphatic heterocycles. The summed E-state index contributed by atoms with van der Waals surface area (Å²) >= 11 is 0. The molecular formula is C11H12N4. The van der Waals surface area contributed by atoms with Gasteiger partial charge >= 0.3 is 0 Å². The zero-order valence-electron chi connectivity index (χ0n) is 8.81. The molecule has 0 amide bonds. The number of imidazole rings is 1. The summed E-state index contributed by atoms with van der Waals surface area (Å²) in [6, 6.07) is 8.20. The van der Waals surface area contributed by atoms with E-state index >= 15 is 0 Å². The van der Waals surface area contributed by atoms with Crippen LogP contribution in [0, 0.1) is 0 Å². The largest absolute Gasteiger partial charge is 0.311 e. The molecule has 0 saturated carbocycles. The molecule has 3 rings (SSSR count).